The fraction of sp³-hybridized carbons (Fsp3) is 0.556. The number of carboxylic acid groups (broad SMARTS) is 1. The Kier molecular flexibility index (Phi) is 5.03. The van der Waals surface area contributed by atoms with Gasteiger partial charge in [0.15, 0.2) is 0 Å². The van der Waals surface area contributed by atoms with Gasteiger partial charge in [0, 0.05) is 12.8 Å². The summed E-state index contributed by atoms with van der Waals surface area (Å²) < 4.78 is 5.37. The van der Waals surface area contributed by atoms with Gasteiger partial charge in [-0.2, -0.15) is 0 Å². The van der Waals surface area contributed by atoms with E-state index in [9.17, 15) is 4.79 Å². The standard InChI is InChI=1S/C9H13IN2O3/c10-8(11)6(9(13)14)5-12-7-3-1-2-4-15-7/h5,7,11-12H,1-4H2,(H,13,14)/b6-5+,11-8?. The minimum Gasteiger partial charge on any atom is -0.478 e. The zero-order valence-electron chi connectivity index (χ0n) is 8.12. The summed E-state index contributed by atoms with van der Waals surface area (Å²) in [5, 5.41) is 18.9. The van der Waals surface area contributed by atoms with Gasteiger partial charge in [-0.25, -0.2) is 4.79 Å². The lowest BCUT2D eigenvalue weighted by atomic mass is 10.2. The average molecular weight is 324 g/mol. The molecule has 1 aliphatic heterocycles. The molecule has 0 aliphatic carbocycles. The van der Waals surface area contributed by atoms with E-state index in [0.29, 0.717) is 6.61 Å². The van der Waals surface area contributed by atoms with Crippen molar-refractivity contribution < 1.29 is 14.6 Å². The van der Waals surface area contributed by atoms with Gasteiger partial charge in [0.2, 0.25) is 0 Å². The lowest BCUT2D eigenvalue weighted by Gasteiger charge is -2.22. The highest BCUT2D eigenvalue weighted by Crippen LogP contribution is 2.11. The normalized spacial score (nSPS) is 22.2. The number of nitrogens with one attached hydrogen (secondary N) is 2. The number of rotatable bonds is 4. The largest absolute Gasteiger partial charge is 0.478 e. The van der Waals surface area contributed by atoms with E-state index < -0.39 is 5.97 Å². The molecular weight excluding hydrogens is 311 g/mol. The van der Waals surface area contributed by atoms with Gasteiger partial charge in [-0.05, 0) is 41.9 Å². The maximum absolute atomic E-state index is 10.7. The van der Waals surface area contributed by atoms with E-state index in [1.54, 1.807) is 22.6 Å². The molecular formula is C9H13IN2O3. The fourth-order valence-corrected chi connectivity index (χ4v) is 1.65. The van der Waals surface area contributed by atoms with Gasteiger partial charge >= 0.3 is 5.97 Å². The summed E-state index contributed by atoms with van der Waals surface area (Å²) in [6.45, 7) is 0.704. The lowest BCUT2D eigenvalue weighted by molar-refractivity contribution is -0.132. The van der Waals surface area contributed by atoms with Crippen LogP contribution in [0.2, 0.25) is 0 Å². The van der Waals surface area contributed by atoms with Crippen molar-refractivity contribution in [3.05, 3.63) is 11.8 Å². The number of carbonyl (C=O) groups is 1. The van der Waals surface area contributed by atoms with E-state index in [-0.39, 0.29) is 15.5 Å². The molecule has 0 aromatic carbocycles. The van der Waals surface area contributed by atoms with E-state index in [1.807, 2.05) is 0 Å². The molecule has 1 rings (SSSR count). The number of hydrogen-bond acceptors (Lipinski definition) is 4. The van der Waals surface area contributed by atoms with Gasteiger partial charge in [-0.1, -0.05) is 0 Å². The monoisotopic (exact) mass is 324 g/mol. The second kappa shape index (κ2) is 6.06. The van der Waals surface area contributed by atoms with Gasteiger partial charge < -0.3 is 15.2 Å². The molecule has 0 saturated carbocycles. The zero-order chi connectivity index (χ0) is 11.3. The van der Waals surface area contributed by atoms with E-state index in [0.717, 1.165) is 19.3 Å². The smallest absolute Gasteiger partial charge is 0.339 e. The maximum Gasteiger partial charge on any atom is 0.339 e. The molecule has 0 aromatic heterocycles. The Morgan fingerprint density at radius 2 is 2.33 bits per heavy atom. The van der Waals surface area contributed by atoms with Crippen molar-refractivity contribution in [2.24, 2.45) is 0 Å². The number of ether oxygens (including phenoxy) is 1. The Labute approximate surface area is 102 Å². The molecule has 1 aliphatic rings. The predicted molar refractivity (Wildman–Crippen MR) is 64.2 cm³/mol. The maximum atomic E-state index is 10.7. The molecule has 0 bridgehead atoms. The Bertz CT molecular complexity index is 269. The number of hydrogen-bond donors (Lipinski definition) is 3. The zero-order valence-corrected chi connectivity index (χ0v) is 10.3. The second-order valence-corrected chi connectivity index (χ2v) is 4.28. The summed E-state index contributed by atoms with van der Waals surface area (Å²) in [6.07, 6.45) is 4.22. The van der Waals surface area contributed by atoms with Crippen molar-refractivity contribution >= 4 is 32.3 Å². The summed E-state index contributed by atoms with van der Waals surface area (Å²) in [6, 6.07) is 0. The predicted octanol–water partition coefficient (Wildman–Crippen LogP) is 1.48. The van der Waals surface area contributed by atoms with Gasteiger partial charge in [0.05, 0.1) is 0 Å². The van der Waals surface area contributed by atoms with Crippen LogP contribution in [0.1, 0.15) is 19.3 Å². The summed E-state index contributed by atoms with van der Waals surface area (Å²) >= 11 is 1.67. The van der Waals surface area contributed by atoms with Crippen LogP contribution in [-0.4, -0.2) is 27.6 Å². The van der Waals surface area contributed by atoms with Crippen LogP contribution in [0.25, 0.3) is 0 Å². The Morgan fingerprint density at radius 1 is 1.60 bits per heavy atom. The van der Waals surface area contributed by atoms with E-state index in [2.05, 4.69) is 5.32 Å². The van der Waals surface area contributed by atoms with Crippen LogP contribution >= 0.6 is 22.6 Å². The highest BCUT2D eigenvalue weighted by atomic mass is 127. The fourth-order valence-electron chi connectivity index (χ4n) is 1.27. The Morgan fingerprint density at radius 3 is 2.80 bits per heavy atom. The van der Waals surface area contributed by atoms with Crippen LogP contribution in [0.5, 0.6) is 0 Å². The molecule has 84 valence electrons. The van der Waals surface area contributed by atoms with Crippen molar-refractivity contribution in [1.29, 1.82) is 5.41 Å². The molecule has 0 spiro atoms. The van der Waals surface area contributed by atoms with E-state index >= 15 is 0 Å². The van der Waals surface area contributed by atoms with Crippen molar-refractivity contribution in [3.63, 3.8) is 0 Å². The van der Waals surface area contributed by atoms with Gasteiger partial charge in [-0.3, -0.25) is 5.41 Å². The second-order valence-electron chi connectivity index (χ2n) is 3.20. The van der Waals surface area contributed by atoms with Crippen LogP contribution < -0.4 is 5.32 Å². The van der Waals surface area contributed by atoms with E-state index in [1.165, 1.54) is 6.20 Å². The molecule has 5 nitrogen and oxygen atoms in total. The van der Waals surface area contributed by atoms with E-state index in [4.69, 9.17) is 15.3 Å². The molecule has 0 amide bonds. The number of carboxylic acids is 1. The quantitative estimate of drug-likeness (QED) is 0.416. The first kappa shape index (κ1) is 12.4. The Balaban J connectivity index is 2.52. The summed E-state index contributed by atoms with van der Waals surface area (Å²) in [7, 11) is 0. The average Bonchev–Trinajstić information content (AvgIpc) is 2.18. The van der Waals surface area contributed by atoms with Crippen LogP contribution in [0.15, 0.2) is 11.8 Å². The van der Waals surface area contributed by atoms with Crippen molar-refractivity contribution in [2.75, 3.05) is 6.61 Å². The molecule has 1 unspecified atom stereocenters. The summed E-state index contributed by atoms with van der Waals surface area (Å²) in [5.74, 6) is -1.10. The van der Waals surface area contributed by atoms with Crippen molar-refractivity contribution in [2.45, 2.75) is 25.5 Å². The van der Waals surface area contributed by atoms with Gasteiger partial charge in [0.1, 0.15) is 15.5 Å². The highest BCUT2D eigenvalue weighted by molar-refractivity contribution is 14.1. The van der Waals surface area contributed by atoms with Crippen LogP contribution in [0, 0.1) is 5.41 Å². The first-order chi connectivity index (χ1) is 7.11. The minimum atomic E-state index is -1.10. The van der Waals surface area contributed by atoms with Gasteiger partial charge in [0.25, 0.3) is 0 Å². The SMILES string of the molecule is N=C(I)/C(=C\NC1CCCCO1)C(=O)O. The molecule has 0 radical (unpaired) electrons. The molecule has 1 fully saturated rings. The molecule has 1 atom stereocenters. The molecule has 6 heteroatoms. The minimum absolute atomic E-state index is 0.00316. The lowest BCUT2D eigenvalue weighted by Crippen LogP contribution is -2.32. The van der Waals surface area contributed by atoms with Crippen molar-refractivity contribution in [3.8, 4) is 0 Å². The first-order valence-electron chi connectivity index (χ1n) is 4.67. The highest BCUT2D eigenvalue weighted by Gasteiger charge is 2.14. The topological polar surface area (TPSA) is 82.4 Å². The molecule has 0 aromatic rings. The summed E-state index contributed by atoms with van der Waals surface area (Å²) in [4.78, 5) is 10.7. The summed E-state index contributed by atoms with van der Waals surface area (Å²) in [5.41, 5.74) is -0.0372. The molecule has 3 N–H and O–H groups in total. The molecule has 1 heterocycles. The van der Waals surface area contributed by atoms with Crippen LogP contribution in [0.4, 0.5) is 0 Å². The van der Waals surface area contributed by atoms with Crippen LogP contribution in [0.3, 0.4) is 0 Å². The third-order valence-corrected chi connectivity index (χ3v) is 2.64. The number of halogens is 1. The third kappa shape index (κ3) is 4.17. The number of aliphatic carboxylic acids is 1. The molecule has 1 saturated heterocycles. The first-order valence-corrected chi connectivity index (χ1v) is 5.74. The van der Waals surface area contributed by atoms with Crippen LogP contribution in [-0.2, 0) is 9.53 Å². The van der Waals surface area contributed by atoms with Gasteiger partial charge in [-0.15, -0.1) is 0 Å². The third-order valence-electron chi connectivity index (χ3n) is 2.06. The Hall–Kier alpha value is -0.630. The van der Waals surface area contributed by atoms with Crippen molar-refractivity contribution in [1.82, 2.24) is 5.32 Å². The molecule has 15 heavy (non-hydrogen) atoms.